The number of nitriles is 1. The minimum Gasteiger partial charge on any atom is -0.258 e. The van der Waals surface area contributed by atoms with Crippen LogP contribution in [0.1, 0.15) is 11.1 Å². The van der Waals surface area contributed by atoms with Gasteiger partial charge in [0.25, 0.3) is 5.69 Å². The largest absolute Gasteiger partial charge is 0.269 e. The van der Waals surface area contributed by atoms with Gasteiger partial charge in [0.05, 0.1) is 28.4 Å². The van der Waals surface area contributed by atoms with Gasteiger partial charge in [-0.3, -0.25) is 10.1 Å². The number of rotatable bonds is 4. The molecule has 0 bridgehead atoms. The Bertz CT molecular complexity index is 935. The van der Waals surface area contributed by atoms with Crippen LogP contribution in [0.5, 0.6) is 0 Å². The van der Waals surface area contributed by atoms with Crippen molar-refractivity contribution in [2.45, 2.75) is 0 Å². The lowest BCUT2D eigenvalue weighted by molar-refractivity contribution is -0.384. The monoisotopic (exact) mass is 316 g/mol. The zero-order chi connectivity index (χ0) is 16.9. The Morgan fingerprint density at radius 2 is 1.88 bits per heavy atom. The molecule has 1 aromatic heterocycles. The molecule has 0 aliphatic carbocycles. The van der Waals surface area contributed by atoms with Crippen LogP contribution in [0.2, 0.25) is 0 Å². The second-order valence-electron chi connectivity index (χ2n) is 5.03. The van der Waals surface area contributed by atoms with Gasteiger partial charge in [0.1, 0.15) is 0 Å². The molecule has 2 aromatic carbocycles. The number of non-ortho nitro benzene ring substituents is 1. The Morgan fingerprint density at radius 3 is 2.50 bits per heavy atom. The number of allylic oxidation sites excluding steroid dienone is 1. The molecule has 3 rings (SSSR count). The lowest BCUT2D eigenvalue weighted by atomic mass is 10.0. The molecule has 1 heterocycles. The normalized spacial score (nSPS) is 11.0. The van der Waals surface area contributed by atoms with E-state index in [0.29, 0.717) is 11.1 Å². The van der Waals surface area contributed by atoms with Gasteiger partial charge >= 0.3 is 0 Å². The van der Waals surface area contributed by atoms with Crippen molar-refractivity contribution in [3.05, 3.63) is 88.2 Å². The summed E-state index contributed by atoms with van der Waals surface area (Å²) < 4.78 is 1.72. The molecule has 116 valence electrons. The molecular formula is C18H12N4O2. The summed E-state index contributed by atoms with van der Waals surface area (Å²) in [6.45, 7) is 0. The van der Waals surface area contributed by atoms with Crippen LogP contribution < -0.4 is 0 Å². The van der Waals surface area contributed by atoms with Gasteiger partial charge in [-0.25, -0.2) is 4.68 Å². The van der Waals surface area contributed by atoms with Crippen LogP contribution in [0.4, 0.5) is 5.69 Å². The second-order valence-corrected chi connectivity index (χ2v) is 5.03. The fraction of sp³-hybridized carbons (Fsp3) is 0. The first-order valence-electron chi connectivity index (χ1n) is 7.14. The van der Waals surface area contributed by atoms with Crippen molar-refractivity contribution in [2.75, 3.05) is 0 Å². The molecule has 0 aliphatic rings. The highest BCUT2D eigenvalue weighted by Gasteiger charge is 2.07. The maximum absolute atomic E-state index is 10.7. The quantitative estimate of drug-likeness (QED) is 0.416. The highest BCUT2D eigenvalue weighted by molar-refractivity contribution is 5.89. The van der Waals surface area contributed by atoms with Crippen LogP contribution >= 0.6 is 0 Å². The van der Waals surface area contributed by atoms with Crippen LogP contribution in [-0.2, 0) is 0 Å². The van der Waals surface area contributed by atoms with E-state index in [2.05, 4.69) is 11.2 Å². The standard InChI is InChI=1S/C18H12N4O2/c19-11-16(15-6-8-18(9-7-15)22(23)24)10-14-12-20-21(13-14)17-4-2-1-3-5-17/h1-10,12-13H/b16-10+. The summed E-state index contributed by atoms with van der Waals surface area (Å²) in [6.07, 6.45) is 5.18. The first-order valence-corrected chi connectivity index (χ1v) is 7.14. The van der Waals surface area contributed by atoms with E-state index >= 15 is 0 Å². The second kappa shape index (κ2) is 6.58. The molecule has 0 amide bonds. The predicted octanol–water partition coefficient (Wildman–Crippen LogP) is 3.84. The van der Waals surface area contributed by atoms with Gasteiger partial charge in [-0.2, -0.15) is 10.4 Å². The van der Waals surface area contributed by atoms with E-state index in [1.54, 1.807) is 29.1 Å². The number of nitro benzene ring substituents is 1. The van der Waals surface area contributed by atoms with Gasteiger partial charge in [-0.1, -0.05) is 18.2 Å². The molecule has 0 radical (unpaired) electrons. The zero-order valence-corrected chi connectivity index (χ0v) is 12.5. The van der Waals surface area contributed by atoms with Crippen molar-refractivity contribution >= 4 is 17.3 Å². The molecule has 3 aromatic rings. The van der Waals surface area contributed by atoms with Crippen molar-refractivity contribution in [1.82, 2.24) is 9.78 Å². The molecule has 0 saturated carbocycles. The Hall–Kier alpha value is -3.72. The molecule has 0 N–H and O–H groups in total. The summed E-state index contributed by atoms with van der Waals surface area (Å²) in [5.41, 5.74) is 2.72. The van der Waals surface area contributed by atoms with E-state index in [0.717, 1.165) is 11.3 Å². The van der Waals surface area contributed by atoms with E-state index in [4.69, 9.17) is 0 Å². The van der Waals surface area contributed by atoms with Crippen LogP contribution in [-0.4, -0.2) is 14.7 Å². The summed E-state index contributed by atoms with van der Waals surface area (Å²) in [7, 11) is 0. The fourth-order valence-corrected chi connectivity index (χ4v) is 2.24. The number of nitro groups is 1. The third-order valence-electron chi connectivity index (χ3n) is 3.44. The number of para-hydroxylation sites is 1. The Morgan fingerprint density at radius 1 is 1.17 bits per heavy atom. The molecular weight excluding hydrogens is 304 g/mol. The van der Waals surface area contributed by atoms with Gasteiger partial charge in [-0.05, 0) is 35.9 Å². The van der Waals surface area contributed by atoms with Gasteiger partial charge < -0.3 is 0 Å². The summed E-state index contributed by atoms with van der Waals surface area (Å²) >= 11 is 0. The smallest absolute Gasteiger partial charge is 0.258 e. The van der Waals surface area contributed by atoms with Gasteiger partial charge in [0.2, 0.25) is 0 Å². The molecule has 0 aliphatic heterocycles. The first kappa shape index (κ1) is 15.2. The minimum atomic E-state index is -0.469. The third kappa shape index (κ3) is 3.20. The Labute approximate surface area is 138 Å². The molecule has 0 spiro atoms. The van der Waals surface area contributed by atoms with E-state index in [1.807, 2.05) is 36.5 Å². The summed E-state index contributed by atoms with van der Waals surface area (Å²) in [4.78, 5) is 10.2. The van der Waals surface area contributed by atoms with Gasteiger partial charge in [-0.15, -0.1) is 0 Å². The Kier molecular flexibility index (Phi) is 4.17. The minimum absolute atomic E-state index is 0.00654. The molecule has 24 heavy (non-hydrogen) atoms. The highest BCUT2D eigenvalue weighted by Crippen LogP contribution is 2.21. The lowest BCUT2D eigenvalue weighted by Crippen LogP contribution is -1.92. The zero-order valence-electron chi connectivity index (χ0n) is 12.5. The van der Waals surface area contributed by atoms with Crippen LogP contribution in [0.25, 0.3) is 17.3 Å². The van der Waals surface area contributed by atoms with E-state index < -0.39 is 4.92 Å². The van der Waals surface area contributed by atoms with Crippen molar-refractivity contribution in [3.8, 4) is 11.8 Å². The molecule has 0 atom stereocenters. The maximum atomic E-state index is 10.7. The van der Waals surface area contributed by atoms with Gasteiger partial charge in [0, 0.05) is 23.9 Å². The van der Waals surface area contributed by atoms with Crippen LogP contribution in [0.15, 0.2) is 67.0 Å². The summed E-state index contributed by atoms with van der Waals surface area (Å²) in [5.74, 6) is 0. The van der Waals surface area contributed by atoms with E-state index in [1.165, 1.54) is 12.1 Å². The molecule has 0 unspecified atom stereocenters. The van der Waals surface area contributed by atoms with Crippen LogP contribution in [0, 0.1) is 21.4 Å². The predicted molar refractivity (Wildman–Crippen MR) is 90.1 cm³/mol. The van der Waals surface area contributed by atoms with Crippen molar-refractivity contribution in [3.63, 3.8) is 0 Å². The summed E-state index contributed by atoms with van der Waals surface area (Å²) in [5, 5.41) is 24.3. The topological polar surface area (TPSA) is 84.8 Å². The van der Waals surface area contributed by atoms with Crippen molar-refractivity contribution in [2.24, 2.45) is 0 Å². The SMILES string of the molecule is N#C/C(=C\c1cnn(-c2ccccc2)c1)c1ccc([N+](=O)[O-])cc1. The highest BCUT2D eigenvalue weighted by atomic mass is 16.6. The van der Waals surface area contributed by atoms with Crippen molar-refractivity contribution in [1.29, 1.82) is 5.26 Å². The number of hydrogen-bond acceptors (Lipinski definition) is 4. The lowest BCUT2D eigenvalue weighted by Gasteiger charge is -1.99. The fourth-order valence-electron chi connectivity index (χ4n) is 2.24. The number of aromatic nitrogens is 2. The number of nitrogens with zero attached hydrogens (tertiary/aromatic N) is 4. The average Bonchev–Trinajstić information content (AvgIpc) is 3.09. The van der Waals surface area contributed by atoms with Crippen LogP contribution in [0.3, 0.4) is 0 Å². The molecule has 0 saturated heterocycles. The number of hydrogen-bond donors (Lipinski definition) is 0. The van der Waals surface area contributed by atoms with Gasteiger partial charge in [0.15, 0.2) is 0 Å². The maximum Gasteiger partial charge on any atom is 0.269 e. The molecule has 0 fully saturated rings. The van der Waals surface area contributed by atoms with Crippen molar-refractivity contribution < 1.29 is 4.92 Å². The third-order valence-corrected chi connectivity index (χ3v) is 3.44. The van der Waals surface area contributed by atoms with E-state index in [-0.39, 0.29) is 5.69 Å². The summed E-state index contributed by atoms with van der Waals surface area (Å²) in [6, 6.07) is 17.6. The van der Waals surface area contributed by atoms with E-state index in [9.17, 15) is 15.4 Å². The Balaban J connectivity index is 1.90. The molecule has 6 heteroatoms. The number of benzene rings is 2. The average molecular weight is 316 g/mol. The first-order chi connectivity index (χ1) is 11.7. The molecule has 6 nitrogen and oxygen atoms in total.